The maximum absolute atomic E-state index is 11.2. The van der Waals surface area contributed by atoms with E-state index < -0.39 is 0 Å². The van der Waals surface area contributed by atoms with E-state index in [4.69, 9.17) is 0 Å². The lowest BCUT2D eigenvalue weighted by Gasteiger charge is -2.52. The number of fused-ring (bicyclic) bond motifs is 1. The number of hydrogen-bond acceptors (Lipinski definition) is 1. The highest BCUT2D eigenvalue weighted by molar-refractivity contribution is 5.51. The molecule has 0 heterocycles. The summed E-state index contributed by atoms with van der Waals surface area (Å²) >= 11 is 0. The van der Waals surface area contributed by atoms with E-state index in [1.165, 1.54) is 31.2 Å². The van der Waals surface area contributed by atoms with Crippen LogP contribution in [0.15, 0.2) is 30.3 Å². The average molecular weight is 256 g/mol. The molecule has 1 nitrogen and oxygen atoms in total. The van der Waals surface area contributed by atoms with Gasteiger partial charge in [-0.2, -0.15) is 0 Å². The monoisotopic (exact) mass is 256 g/mol. The van der Waals surface area contributed by atoms with Crippen molar-refractivity contribution in [3.05, 3.63) is 35.9 Å². The van der Waals surface area contributed by atoms with Crippen molar-refractivity contribution in [2.24, 2.45) is 16.2 Å². The first-order valence-electron chi connectivity index (χ1n) is 7.49. The molecule has 1 heteroatoms. The first-order chi connectivity index (χ1) is 9.01. The Labute approximate surface area is 116 Å². The predicted molar refractivity (Wildman–Crippen MR) is 77.9 cm³/mol. The summed E-state index contributed by atoms with van der Waals surface area (Å²) in [6.45, 7) is 4.88. The molecule has 3 atom stereocenters. The summed E-state index contributed by atoms with van der Waals surface area (Å²) in [5, 5.41) is 0. The molecule has 0 bridgehead atoms. The molecule has 0 spiro atoms. The highest BCUT2D eigenvalue weighted by atomic mass is 16.1. The van der Waals surface area contributed by atoms with E-state index in [0.29, 0.717) is 10.8 Å². The smallest absolute Gasteiger partial charge is 0.120 e. The second kappa shape index (κ2) is 4.19. The molecule has 2 aliphatic carbocycles. The zero-order chi connectivity index (χ0) is 13.6. The van der Waals surface area contributed by atoms with Crippen molar-refractivity contribution in [2.75, 3.05) is 0 Å². The molecular formula is C18H24O. The van der Waals surface area contributed by atoms with Crippen LogP contribution in [0.4, 0.5) is 0 Å². The quantitative estimate of drug-likeness (QED) is 0.729. The minimum atomic E-state index is 0.211. The summed E-state index contributed by atoms with van der Waals surface area (Å²) in [5.74, 6) is 0. The molecule has 0 N–H and O–H groups in total. The van der Waals surface area contributed by atoms with Crippen molar-refractivity contribution < 1.29 is 4.79 Å². The second-order valence-electron chi connectivity index (χ2n) is 7.51. The summed E-state index contributed by atoms with van der Waals surface area (Å²) in [6, 6.07) is 10.7. The lowest BCUT2D eigenvalue weighted by Crippen LogP contribution is -2.42. The Hall–Kier alpha value is -1.11. The Balaban J connectivity index is 1.87. The summed E-state index contributed by atoms with van der Waals surface area (Å²) in [4.78, 5) is 11.2. The van der Waals surface area contributed by atoms with E-state index in [2.05, 4.69) is 44.2 Å². The molecule has 1 aromatic carbocycles. The van der Waals surface area contributed by atoms with E-state index in [1.807, 2.05) is 0 Å². The van der Waals surface area contributed by atoms with Gasteiger partial charge in [-0.3, -0.25) is 0 Å². The number of carbonyl (C=O) groups excluding carboxylic acids is 1. The van der Waals surface area contributed by atoms with Crippen LogP contribution >= 0.6 is 0 Å². The second-order valence-corrected chi connectivity index (χ2v) is 7.51. The van der Waals surface area contributed by atoms with Gasteiger partial charge in [0.25, 0.3) is 0 Å². The fourth-order valence-electron chi connectivity index (χ4n) is 4.85. The van der Waals surface area contributed by atoms with Gasteiger partial charge in [0.1, 0.15) is 6.29 Å². The van der Waals surface area contributed by atoms with Crippen LogP contribution in [0, 0.1) is 16.2 Å². The lowest BCUT2D eigenvalue weighted by molar-refractivity contribution is -0.109. The van der Waals surface area contributed by atoms with Gasteiger partial charge >= 0.3 is 0 Å². The van der Waals surface area contributed by atoms with Gasteiger partial charge in [0.05, 0.1) is 0 Å². The van der Waals surface area contributed by atoms with Crippen molar-refractivity contribution in [2.45, 2.75) is 52.4 Å². The van der Waals surface area contributed by atoms with Crippen molar-refractivity contribution in [3.63, 3.8) is 0 Å². The molecule has 0 aromatic heterocycles. The minimum Gasteiger partial charge on any atom is -0.303 e. The number of aldehydes is 1. The molecule has 1 aromatic rings. The third-order valence-electron chi connectivity index (χ3n) is 6.15. The zero-order valence-corrected chi connectivity index (χ0v) is 12.1. The summed E-state index contributed by atoms with van der Waals surface area (Å²) in [6.07, 6.45) is 8.09. The van der Waals surface area contributed by atoms with E-state index in [-0.39, 0.29) is 5.41 Å². The van der Waals surface area contributed by atoms with Crippen LogP contribution in [-0.4, -0.2) is 6.29 Å². The van der Waals surface area contributed by atoms with Gasteiger partial charge in [-0.15, -0.1) is 0 Å². The topological polar surface area (TPSA) is 17.1 Å². The summed E-state index contributed by atoms with van der Waals surface area (Å²) in [7, 11) is 0. The van der Waals surface area contributed by atoms with Crippen molar-refractivity contribution >= 4 is 6.29 Å². The molecule has 0 radical (unpaired) electrons. The van der Waals surface area contributed by atoms with Crippen LogP contribution < -0.4 is 0 Å². The molecule has 2 fully saturated rings. The summed E-state index contributed by atoms with van der Waals surface area (Å²) in [5.41, 5.74) is 2.55. The molecule has 2 aliphatic rings. The normalized spacial score (nSPS) is 40.5. The minimum absolute atomic E-state index is 0.211. The van der Waals surface area contributed by atoms with E-state index in [9.17, 15) is 4.79 Å². The maximum Gasteiger partial charge on any atom is 0.120 e. The Morgan fingerprint density at radius 2 is 1.63 bits per heavy atom. The van der Waals surface area contributed by atoms with Gasteiger partial charge in [-0.25, -0.2) is 0 Å². The van der Waals surface area contributed by atoms with Gasteiger partial charge in [0, 0.05) is 6.42 Å². The van der Waals surface area contributed by atoms with Gasteiger partial charge in [0.2, 0.25) is 0 Å². The van der Waals surface area contributed by atoms with Gasteiger partial charge in [0.15, 0.2) is 0 Å². The molecule has 1 unspecified atom stereocenters. The van der Waals surface area contributed by atoms with Crippen LogP contribution in [0.2, 0.25) is 0 Å². The molecule has 102 valence electrons. The van der Waals surface area contributed by atoms with E-state index in [1.54, 1.807) is 0 Å². The fourth-order valence-corrected chi connectivity index (χ4v) is 4.85. The maximum atomic E-state index is 11.2. The largest absolute Gasteiger partial charge is 0.303 e. The summed E-state index contributed by atoms with van der Waals surface area (Å²) < 4.78 is 0. The van der Waals surface area contributed by atoms with E-state index >= 15 is 0 Å². The average Bonchev–Trinajstić information content (AvgIpc) is 2.51. The molecule has 19 heavy (non-hydrogen) atoms. The molecule has 0 amide bonds. The van der Waals surface area contributed by atoms with Crippen molar-refractivity contribution in [1.82, 2.24) is 0 Å². The van der Waals surface area contributed by atoms with E-state index in [0.717, 1.165) is 19.1 Å². The first kappa shape index (κ1) is 12.9. The molecular weight excluding hydrogens is 232 g/mol. The van der Waals surface area contributed by atoms with Crippen LogP contribution in [0.25, 0.3) is 0 Å². The molecule has 2 saturated carbocycles. The Morgan fingerprint density at radius 3 is 2.11 bits per heavy atom. The first-order valence-corrected chi connectivity index (χ1v) is 7.49. The molecule has 0 saturated heterocycles. The highest BCUT2D eigenvalue weighted by Crippen LogP contribution is 2.72. The highest BCUT2D eigenvalue weighted by Gasteiger charge is 2.63. The SMILES string of the molecule is C[C@@]12CC[C@]1(C)CC(CC=O)(Cc1ccccc1)C2. The number of rotatable bonds is 4. The lowest BCUT2D eigenvalue weighted by atomic mass is 9.53. The Kier molecular flexibility index (Phi) is 2.85. The third kappa shape index (κ3) is 1.94. The van der Waals surface area contributed by atoms with Gasteiger partial charge in [-0.05, 0) is 53.9 Å². The van der Waals surface area contributed by atoms with Crippen LogP contribution in [0.5, 0.6) is 0 Å². The van der Waals surface area contributed by atoms with Crippen molar-refractivity contribution in [1.29, 1.82) is 0 Å². The Morgan fingerprint density at radius 1 is 1.05 bits per heavy atom. The Bertz CT molecular complexity index is 460. The van der Waals surface area contributed by atoms with Gasteiger partial charge in [-0.1, -0.05) is 44.2 Å². The van der Waals surface area contributed by atoms with Crippen LogP contribution in [0.3, 0.4) is 0 Å². The number of hydrogen-bond donors (Lipinski definition) is 0. The number of carbonyl (C=O) groups is 1. The van der Waals surface area contributed by atoms with Crippen LogP contribution in [-0.2, 0) is 11.2 Å². The fraction of sp³-hybridized carbons (Fsp3) is 0.611. The van der Waals surface area contributed by atoms with Gasteiger partial charge < -0.3 is 4.79 Å². The van der Waals surface area contributed by atoms with Crippen LogP contribution in [0.1, 0.15) is 51.5 Å². The molecule has 3 rings (SSSR count). The zero-order valence-electron chi connectivity index (χ0n) is 12.1. The molecule has 0 aliphatic heterocycles. The van der Waals surface area contributed by atoms with Crippen molar-refractivity contribution in [3.8, 4) is 0 Å². The predicted octanol–water partition coefficient (Wildman–Crippen LogP) is 4.40. The standard InChI is InChI=1S/C18H24O/c1-16-8-9-17(16,2)14-18(13-16,10-11-19)12-15-6-4-3-5-7-15/h3-7,11H,8-10,12-14H2,1-2H3/t16-,17+,18?. The number of benzene rings is 1. The third-order valence-corrected chi connectivity index (χ3v) is 6.15.